The second kappa shape index (κ2) is 5.40. The molecule has 0 amide bonds. The van der Waals surface area contributed by atoms with E-state index in [-0.39, 0.29) is 11.5 Å². The van der Waals surface area contributed by atoms with Gasteiger partial charge < -0.3 is 20.0 Å². The third-order valence-electron chi connectivity index (χ3n) is 4.07. The number of ketones is 1. The highest BCUT2D eigenvalue weighted by molar-refractivity contribution is 6.02. The van der Waals surface area contributed by atoms with E-state index in [1.807, 2.05) is 40.0 Å². The normalized spacial score (nSPS) is 11.9. The molecule has 0 saturated heterocycles. The number of H-pyrrole nitrogens is 1. The first kappa shape index (κ1) is 16.1. The number of carbonyl (C=O) groups excluding carboxylic acids is 1. The van der Waals surface area contributed by atoms with Gasteiger partial charge >= 0.3 is 0 Å². The van der Waals surface area contributed by atoms with Crippen LogP contribution in [0.3, 0.4) is 0 Å². The van der Waals surface area contributed by atoms with Crippen LogP contribution in [0.1, 0.15) is 31.1 Å². The summed E-state index contributed by atoms with van der Waals surface area (Å²) >= 11 is 0. The zero-order chi connectivity index (χ0) is 17.6. The van der Waals surface area contributed by atoms with Gasteiger partial charge in [-0.1, -0.05) is 20.8 Å². The van der Waals surface area contributed by atoms with Crippen LogP contribution in [0, 0.1) is 5.41 Å². The number of aryl methyl sites for hydroxylation is 1. The van der Waals surface area contributed by atoms with Crippen molar-refractivity contribution in [2.45, 2.75) is 20.8 Å². The molecule has 3 rings (SSSR count). The molecule has 0 aliphatic carbocycles. The summed E-state index contributed by atoms with van der Waals surface area (Å²) in [4.78, 5) is 20.2. The van der Waals surface area contributed by atoms with Gasteiger partial charge in [-0.25, -0.2) is 4.98 Å². The Hall–Kier alpha value is -2.76. The number of carbonyl (C=O) groups is 1. The van der Waals surface area contributed by atoms with Gasteiger partial charge in [0.25, 0.3) is 0 Å². The molecule has 3 aromatic rings. The maximum atomic E-state index is 12.5. The van der Waals surface area contributed by atoms with Gasteiger partial charge in [-0.3, -0.25) is 4.79 Å². The minimum absolute atomic E-state index is 0.0831. The Morgan fingerprint density at radius 3 is 2.62 bits per heavy atom. The zero-order valence-corrected chi connectivity index (χ0v) is 14.6. The summed E-state index contributed by atoms with van der Waals surface area (Å²) in [6, 6.07) is 5.44. The van der Waals surface area contributed by atoms with E-state index >= 15 is 0 Å². The first-order valence-corrected chi connectivity index (χ1v) is 7.83. The summed E-state index contributed by atoms with van der Waals surface area (Å²) < 4.78 is 1.81. The van der Waals surface area contributed by atoms with Crippen LogP contribution in [0.4, 0.5) is 5.69 Å². The third kappa shape index (κ3) is 2.54. The van der Waals surface area contributed by atoms with Crippen molar-refractivity contribution >= 4 is 22.5 Å². The lowest BCUT2D eigenvalue weighted by Gasteiger charge is -2.16. The van der Waals surface area contributed by atoms with Crippen molar-refractivity contribution in [3.63, 3.8) is 0 Å². The Morgan fingerprint density at radius 2 is 2.04 bits per heavy atom. The van der Waals surface area contributed by atoms with Gasteiger partial charge in [0.1, 0.15) is 5.69 Å². The van der Waals surface area contributed by atoms with Crippen molar-refractivity contribution in [1.29, 1.82) is 0 Å². The van der Waals surface area contributed by atoms with Gasteiger partial charge in [-0.05, 0) is 18.2 Å². The van der Waals surface area contributed by atoms with Crippen LogP contribution >= 0.6 is 0 Å². The lowest BCUT2D eigenvalue weighted by atomic mass is 9.86. The fourth-order valence-electron chi connectivity index (χ4n) is 2.77. The number of benzene rings is 1. The van der Waals surface area contributed by atoms with Crippen molar-refractivity contribution in [3.8, 4) is 17.3 Å². The quantitative estimate of drug-likeness (QED) is 0.643. The number of rotatable bonds is 3. The molecule has 0 fully saturated rings. The second-order valence-corrected chi connectivity index (χ2v) is 7.00. The molecule has 126 valence electrons. The van der Waals surface area contributed by atoms with Crippen LogP contribution in [0.15, 0.2) is 24.4 Å². The predicted molar refractivity (Wildman–Crippen MR) is 95.5 cm³/mol. The Bertz CT molecular complexity index is 929. The molecule has 0 radical (unpaired) electrons. The smallest absolute Gasteiger partial charge is 0.168 e. The highest BCUT2D eigenvalue weighted by Crippen LogP contribution is 2.36. The van der Waals surface area contributed by atoms with E-state index < -0.39 is 5.41 Å². The van der Waals surface area contributed by atoms with Gasteiger partial charge in [0.05, 0.1) is 16.7 Å². The zero-order valence-electron chi connectivity index (χ0n) is 14.6. The maximum absolute atomic E-state index is 12.5. The summed E-state index contributed by atoms with van der Waals surface area (Å²) in [5.74, 6) is 0.789. The van der Waals surface area contributed by atoms with Gasteiger partial charge in [0, 0.05) is 31.3 Å². The highest BCUT2D eigenvalue weighted by atomic mass is 16.3. The van der Waals surface area contributed by atoms with Crippen molar-refractivity contribution in [1.82, 2.24) is 14.5 Å². The number of fused-ring (bicyclic) bond motifs is 1. The molecule has 0 aliphatic heterocycles. The predicted octanol–water partition coefficient (Wildman–Crippen LogP) is 3.54. The molecular weight excluding hydrogens is 304 g/mol. The number of hydrogen-bond acceptors (Lipinski definition) is 4. The van der Waals surface area contributed by atoms with E-state index in [9.17, 15) is 9.90 Å². The van der Waals surface area contributed by atoms with Crippen molar-refractivity contribution in [2.75, 3.05) is 12.4 Å². The first-order chi connectivity index (χ1) is 11.2. The largest absolute Gasteiger partial charge is 0.504 e. The second-order valence-electron chi connectivity index (χ2n) is 7.00. The molecule has 0 spiro atoms. The summed E-state index contributed by atoms with van der Waals surface area (Å²) in [6.45, 7) is 5.71. The van der Waals surface area contributed by atoms with Crippen molar-refractivity contribution in [3.05, 3.63) is 30.0 Å². The van der Waals surface area contributed by atoms with Gasteiger partial charge in [-0.2, -0.15) is 0 Å². The molecule has 6 heteroatoms. The molecule has 6 nitrogen and oxygen atoms in total. The van der Waals surface area contributed by atoms with E-state index in [4.69, 9.17) is 0 Å². The Morgan fingerprint density at radius 1 is 1.33 bits per heavy atom. The van der Waals surface area contributed by atoms with Crippen molar-refractivity contribution in [2.24, 2.45) is 12.5 Å². The van der Waals surface area contributed by atoms with Crippen LogP contribution in [0.25, 0.3) is 22.6 Å². The van der Waals surface area contributed by atoms with Crippen LogP contribution in [-0.2, 0) is 7.05 Å². The minimum atomic E-state index is -0.436. The number of aromatic amines is 1. The highest BCUT2D eigenvalue weighted by Gasteiger charge is 2.24. The SMILES string of the molecule is CNc1cn(C)c(-c2nc3ccc(C(=O)C(C)(C)C)cc3[nH]2)c1O. The molecule has 0 bridgehead atoms. The van der Waals surface area contributed by atoms with E-state index in [1.165, 1.54) is 0 Å². The molecule has 2 aromatic heterocycles. The number of Topliss-reactive ketones (excluding diaryl/α,β-unsaturated/α-hetero) is 1. The van der Waals surface area contributed by atoms with Gasteiger partial charge in [0.15, 0.2) is 17.4 Å². The fourth-order valence-corrected chi connectivity index (χ4v) is 2.77. The van der Waals surface area contributed by atoms with Gasteiger partial charge in [0.2, 0.25) is 0 Å². The Balaban J connectivity index is 2.10. The van der Waals surface area contributed by atoms with Crippen LogP contribution in [0.2, 0.25) is 0 Å². The van der Waals surface area contributed by atoms with E-state index in [1.54, 1.807) is 23.9 Å². The molecule has 0 atom stereocenters. The number of nitrogens with one attached hydrogen (secondary N) is 2. The molecule has 24 heavy (non-hydrogen) atoms. The molecule has 1 aromatic carbocycles. The van der Waals surface area contributed by atoms with E-state index in [0.29, 0.717) is 22.8 Å². The molecule has 0 saturated carbocycles. The average Bonchev–Trinajstić information content (AvgIpc) is 3.04. The van der Waals surface area contributed by atoms with Crippen LogP contribution < -0.4 is 5.32 Å². The Kier molecular flexibility index (Phi) is 3.63. The summed E-state index contributed by atoms with van der Waals surface area (Å²) in [6.07, 6.45) is 1.80. The van der Waals surface area contributed by atoms with Gasteiger partial charge in [-0.15, -0.1) is 0 Å². The van der Waals surface area contributed by atoms with E-state index in [2.05, 4.69) is 15.3 Å². The number of aromatic nitrogens is 3. The monoisotopic (exact) mass is 326 g/mol. The lowest BCUT2D eigenvalue weighted by Crippen LogP contribution is -2.19. The van der Waals surface area contributed by atoms with E-state index in [0.717, 1.165) is 11.0 Å². The maximum Gasteiger partial charge on any atom is 0.168 e. The number of hydrogen-bond donors (Lipinski definition) is 3. The Labute approximate surface area is 140 Å². The summed E-state index contributed by atoms with van der Waals surface area (Å²) in [5, 5.41) is 13.3. The van der Waals surface area contributed by atoms with Crippen LogP contribution in [0.5, 0.6) is 5.75 Å². The fraction of sp³-hybridized carbons (Fsp3) is 0.333. The topological polar surface area (TPSA) is 82.9 Å². The summed E-state index contributed by atoms with van der Waals surface area (Å²) in [7, 11) is 3.60. The third-order valence-corrected chi connectivity index (χ3v) is 4.07. The molecule has 0 aliphatic rings. The first-order valence-electron chi connectivity index (χ1n) is 7.83. The minimum Gasteiger partial charge on any atom is -0.504 e. The standard InChI is InChI=1S/C18H22N4O2/c1-18(2,3)16(24)10-6-7-11-12(8-10)21-17(20-11)14-15(23)13(19-4)9-22(14)5/h6-9,19,23H,1-5H3,(H,20,21). The number of nitrogens with zero attached hydrogens (tertiary/aromatic N) is 2. The lowest BCUT2D eigenvalue weighted by molar-refractivity contribution is 0.0858. The number of anilines is 1. The molecule has 2 heterocycles. The molecule has 0 unspecified atom stereocenters. The average molecular weight is 326 g/mol. The number of imidazole rings is 1. The number of aromatic hydroxyl groups is 1. The van der Waals surface area contributed by atoms with Crippen LogP contribution in [-0.4, -0.2) is 32.5 Å². The summed E-state index contributed by atoms with van der Waals surface area (Å²) in [5.41, 5.74) is 2.97. The van der Waals surface area contributed by atoms with Crippen molar-refractivity contribution < 1.29 is 9.90 Å². The molecular formula is C18H22N4O2. The molecule has 3 N–H and O–H groups in total.